The van der Waals surface area contributed by atoms with Gasteiger partial charge in [0.15, 0.2) is 0 Å². The lowest BCUT2D eigenvalue weighted by Crippen LogP contribution is -2.07. The highest BCUT2D eigenvalue weighted by Gasteiger charge is 2.16. The van der Waals surface area contributed by atoms with Crippen LogP contribution in [0.5, 0.6) is 5.75 Å². The number of aryl methyl sites for hydroxylation is 2. The van der Waals surface area contributed by atoms with Gasteiger partial charge in [0.05, 0.1) is 30.3 Å². The fourth-order valence-corrected chi connectivity index (χ4v) is 4.13. The predicted molar refractivity (Wildman–Crippen MR) is 111 cm³/mol. The van der Waals surface area contributed by atoms with Crippen molar-refractivity contribution in [3.05, 3.63) is 58.6 Å². The fraction of sp³-hybridized carbons (Fsp3) is 0.238. The Morgan fingerprint density at radius 2 is 2.03 bits per heavy atom. The summed E-state index contributed by atoms with van der Waals surface area (Å²) in [5, 5.41) is 8.90. The second-order valence-corrected chi connectivity index (χ2v) is 7.69. The molecule has 0 saturated heterocycles. The highest BCUT2D eigenvalue weighted by molar-refractivity contribution is 7.15. The van der Waals surface area contributed by atoms with E-state index in [4.69, 9.17) is 9.47 Å². The van der Waals surface area contributed by atoms with Gasteiger partial charge in [0.2, 0.25) is 0 Å². The number of methoxy groups -OCH3 is 1. The third-order valence-corrected chi connectivity index (χ3v) is 5.80. The zero-order chi connectivity index (χ0) is 20.4. The highest BCUT2D eigenvalue weighted by atomic mass is 32.1. The first-order chi connectivity index (χ1) is 14.0. The van der Waals surface area contributed by atoms with E-state index in [9.17, 15) is 4.79 Å². The number of ether oxygens (including phenoxy) is 2. The van der Waals surface area contributed by atoms with Crippen molar-refractivity contribution in [1.29, 1.82) is 0 Å². The molecule has 0 aliphatic heterocycles. The lowest BCUT2D eigenvalue weighted by atomic mass is 10.2. The fourth-order valence-electron chi connectivity index (χ4n) is 3.05. The van der Waals surface area contributed by atoms with Gasteiger partial charge in [0.1, 0.15) is 22.9 Å². The average molecular weight is 408 g/mol. The second-order valence-electron chi connectivity index (χ2n) is 6.60. The molecule has 2 aromatic carbocycles. The third kappa shape index (κ3) is 3.97. The molecule has 0 radical (unpaired) electrons. The van der Waals surface area contributed by atoms with Crippen molar-refractivity contribution in [3.8, 4) is 16.3 Å². The molecule has 2 aromatic heterocycles. The molecule has 148 valence electrons. The van der Waals surface area contributed by atoms with Crippen LogP contribution in [0.25, 0.3) is 21.6 Å². The summed E-state index contributed by atoms with van der Waals surface area (Å²) in [6, 6.07) is 13.4. The SMILES string of the molecule is COc1ccccc1-c1nc(C)c(CC(=O)OCc2ccc3c(c2)nnn3C)s1. The molecular formula is C21H20N4O3S. The van der Waals surface area contributed by atoms with E-state index in [-0.39, 0.29) is 19.0 Å². The van der Waals surface area contributed by atoms with Crippen molar-refractivity contribution in [1.82, 2.24) is 20.0 Å². The van der Waals surface area contributed by atoms with Gasteiger partial charge in [-0.15, -0.1) is 16.4 Å². The number of nitrogens with zero attached hydrogens (tertiary/aromatic N) is 4. The van der Waals surface area contributed by atoms with Crippen LogP contribution in [0.2, 0.25) is 0 Å². The molecule has 0 aliphatic carbocycles. The van der Waals surface area contributed by atoms with Gasteiger partial charge in [-0.2, -0.15) is 0 Å². The Kier molecular flexibility index (Phi) is 5.26. The molecule has 0 atom stereocenters. The van der Waals surface area contributed by atoms with Gasteiger partial charge >= 0.3 is 5.97 Å². The summed E-state index contributed by atoms with van der Waals surface area (Å²) in [5.74, 6) is 0.470. The summed E-state index contributed by atoms with van der Waals surface area (Å²) in [4.78, 5) is 17.9. The molecule has 4 rings (SSSR count). The van der Waals surface area contributed by atoms with E-state index in [0.29, 0.717) is 0 Å². The van der Waals surface area contributed by atoms with Gasteiger partial charge in [-0.05, 0) is 36.8 Å². The molecule has 0 N–H and O–H groups in total. The highest BCUT2D eigenvalue weighted by Crippen LogP contribution is 2.34. The Bertz CT molecular complexity index is 1180. The minimum atomic E-state index is -0.289. The Balaban J connectivity index is 1.43. The largest absolute Gasteiger partial charge is 0.496 e. The Morgan fingerprint density at radius 1 is 1.21 bits per heavy atom. The number of hydrogen-bond acceptors (Lipinski definition) is 7. The molecule has 2 heterocycles. The lowest BCUT2D eigenvalue weighted by molar-refractivity contribution is -0.144. The van der Waals surface area contributed by atoms with E-state index in [1.54, 1.807) is 11.8 Å². The van der Waals surface area contributed by atoms with Gasteiger partial charge < -0.3 is 9.47 Å². The first-order valence-electron chi connectivity index (χ1n) is 9.09. The summed E-state index contributed by atoms with van der Waals surface area (Å²) in [6.45, 7) is 2.10. The van der Waals surface area contributed by atoms with Crippen molar-refractivity contribution >= 4 is 28.3 Å². The van der Waals surface area contributed by atoms with Crippen molar-refractivity contribution in [3.63, 3.8) is 0 Å². The maximum atomic E-state index is 12.4. The maximum absolute atomic E-state index is 12.4. The number of carbonyl (C=O) groups excluding carboxylic acids is 1. The van der Waals surface area contributed by atoms with Crippen LogP contribution in [-0.2, 0) is 29.6 Å². The molecule has 0 aliphatic rings. The van der Waals surface area contributed by atoms with Crippen molar-refractivity contribution in [2.24, 2.45) is 7.05 Å². The quantitative estimate of drug-likeness (QED) is 0.453. The van der Waals surface area contributed by atoms with Crippen molar-refractivity contribution in [2.45, 2.75) is 20.0 Å². The van der Waals surface area contributed by atoms with Crippen LogP contribution < -0.4 is 4.74 Å². The summed E-state index contributed by atoms with van der Waals surface area (Å²) in [7, 11) is 3.47. The molecule has 0 fully saturated rings. The average Bonchev–Trinajstić information content (AvgIpc) is 3.28. The number of esters is 1. The van der Waals surface area contributed by atoms with E-state index in [2.05, 4.69) is 15.3 Å². The number of hydrogen-bond donors (Lipinski definition) is 0. The Morgan fingerprint density at radius 3 is 2.86 bits per heavy atom. The zero-order valence-corrected chi connectivity index (χ0v) is 17.2. The number of carbonyl (C=O) groups is 1. The Hall–Kier alpha value is -3.26. The molecule has 0 spiro atoms. The van der Waals surface area contributed by atoms with Gasteiger partial charge in [-0.3, -0.25) is 4.79 Å². The van der Waals surface area contributed by atoms with Crippen molar-refractivity contribution < 1.29 is 14.3 Å². The monoisotopic (exact) mass is 408 g/mol. The molecule has 0 amide bonds. The topological polar surface area (TPSA) is 79.1 Å². The first kappa shape index (κ1) is 19.1. The van der Waals surface area contributed by atoms with E-state index < -0.39 is 0 Å². The standard InChI is InChI=1S/C21H20N4O3S/c1-13-19(29-21(22-13)15-6-4-5-7-18(15)27-3)11-20(26)28-12-14-8-9-17-16(10-14)23-24-25(17)2/h4-10H,11-12H2,1-3H3. The van der Waals surface area contributed by atoms with Crippen LogP contribution in [0.15, 0.2) is 42.5 Å². The molecule has 4 aromatic rings. The van der Waals surface area contributed by atoms with Gasteiger partial charge in [0, 0.05) is 11.9 Å². The maximum Gasteiger partial charge on any atom is 0.311 e. The first-order valence-corrected chi connectivity index (χ1v) is 9.90. The summed E-state index contributed by atoms with van der Waals surface area (Å²) in [5.41, 5.74) is 4.33. The number of benzene rings is 2. The summed E-state index contributed by atoms with van der Waals surface area (Å²) >= 11 is 1.48. The lowest BCUT2D eigenvalue weighted by Gasteiger charge is -2.05. The normalized spacial score (nSPS) is 11.0. The third-order valence-electron chi connectivity index (χ3n) is 4.61. The van der Waals surface area contributed by atoms with Gasteiger partial charge in [-0.1, -0.05) is 23.4 Å². The minimum absolute atomic E-state index is 0.187. The molecule has 29 heavy (non-hydrogen) atoms. The summed E-state index contributed by atoms with van der Waals surface area (Å²) < 4.78 is 12.6. The van der Waals surface area contributed by atoms with E-state index in [1.807, 2.05) is 56.4 Å². The number of aromatic nitrogens is 4. The van der Waals surface area contributed by atoms with E-state index in [0.717, 1.165) is 43.5 Å². The minimum Gasteiger partial charge on any atom is -0.496 e. The second kappa shape index (κ2) is 8.00. The van der Waals surface area contributed by atoms with Gasteiger partial charge in [0.25, 0.3) is 0 Å². The zero-order valence-electron chi connectivity index (χ0n) is 16.4. The van der Waals surface area contributed by atoms with Crippen LogP contribution in [0, 0.1) is 6.92 Å². The smallest absolute Gasteiger partial charge is 0.311 e. The van der Waals surface area contributed by atoms with Crippen LogP contribution in [0.4, 0.5) is 0 Å². The molecule has 8 heteroatoms. The predicted octanol–water partition coefficient (Wildman–Crippen LogP) is 3.69. The number of rotatable bonds is 6. The van der Waals surface area contributed by atoms with Crippen LogP contribution in [0.1, 0.15) is 16.1 Å². The molecular weight excluding hydrogens is 388 g/mol. The molecule has 0 bridgehead atoms. The van der Waals surface area contributed by atoms with Crippen LogP contribution in [-0.4, -0.2) is 33.1 Å². The van der Waals surface area contributed by atoms with Gasteiger partial charge in [-0.25, -0.2) is 9.67 Å². The van der Waals surface area contributed by atoms with E-state index in [1.165, 1.54) is 11.3 Å². The van der Waals surface area contributed by atoms with Crippen LogP contribution >= 0.6 is 11.3 Å². The Labute approximate surface area is 171 Å². The summed E-state index contributed by atoms with van der Waals surface area (Å²) in [6.07, 6.45) is 0.187. The molecule has 7 nitrogen and oxygen atoms in total. The number of thiazole rings is 1. The number of fused-ring (bicyclic) bond motifs is 1. The molecule has 0 unspecified atom stereocenters. The van der Waals surface area contributed by atoms with Crippen LogP contribution in [0.3, 0.4) is 0 Å². The molecule has 0 saturated carbocycles. The van der Waals surface area contributed by atoms with E-state index >= 15 is 0 Å². The van der Waals surface area contributed by atoms with Crippen molar-refractivity contribution in [2.75, 3.05) is 7.11 Å². The number of para-hydroxylation sites is 1.